The molecule has 0 amide bonds. The molecule has 0 N–H and O–H groups in total. The van der Waals surface area contributed by atoms with Gasteiger partial charge in [0, 0.05) is 31.9 Å². The fraction of sp³-hybridized carbons (Fsp3) is 0.438. The summed E-state index contributed by atoms with van der Waals surface area (Å²) < 4.78 is 32.1. The van der Waals surface area contributed by atoms with Gasteiger partial charge in [0.05, 0.1) is 0 Å². The molecule has 1 aliphatic heterocycles. The van der Waals surface area contributed by atoms with E-state index >= 15 is 0 Å². The molecule has 0 atom stereocenters. The van der Waals surface area contributed by atoms with Crippen LogP contribution in [0.15, 0.2) is 33.7 Å². The summed E-state index contributed by atoms with van der Waals surface area (Å²) in [5, 5.41) is 3.76. The lowest BCUT2D eigenvalue weighted by molar-refractivity contribution is 0.378. The van der Waals surface area contributed by atoms with Crippen molar-refractivity contribution in [3.8, 4) is 0 Å². The van der Waals surface area contributed by atoms with Gasteiger partial charge in [-0.3, -0.25) is 0 Å². The lowest BCUT2D eigenvalue weighted by Crippen LogP contribution is -2.49. The number of rotatable bonds is 3. The van der Waals surface area contributed by atoms with E-state index in [0.717, 1.165) is 0 Å². The molecule has 23 heavy (non-hydrogen) atoms. The van der Waals surface area contributed by atoms with Crippen molar-refractivity contribution in [1.82, 2.24) is 9.46 Å². The topological polar surface area (TPSA) is 66.7 Å². The predicted molar refractivity (Wildman–Crippen MR) is 88.1 cm³/mol. The molecule has 3 rings (SSSR count). The molecule has 1 saturated heterocycles. The Hall–Kier alpha value is -1.86. The van der Waals surface area contributed by atoms with E-state index in [1.807, 2.05) is 12.1 Å². The van der Waals surface area contributed by atoms with Crippen molar-refractivity contribution in [2.75, 3.05) is 31.1 Å². The Labute approximate surface area is 136 Å². The predicted octanol–water partition coefficient (Wildman–Crippen LogP) is 2.11. The van der Waals surface area contributed by atoms with Gasteiger partial charge in [0.15, 0.2) is 5.76 Å². The third kappa shape index (κ3) is 2.86. The van der Waals surface area contributed by atoms with Crippen molar-refractivity contribution in [1.29, 1.82) is 0 Å². The maximum Gasteiger partial charge on any atom is 0.248 e. The zero-order valence-corrected chi connectivity index (χ0v) is 14.4. The zero-order chi connectivity index (χ0) is 16.6. The Morgan fingerprint density at radius 1 is 1.04 bits per heavy atom. The first-order valence-electron chi connectivity index (χ1n) is 7.65. The summed E-state index contributed by atoms with van der Waals surface area (Å²) in [6, 6.07) is 8.17. The van der Waals surface area contributed by atoms with Crippen LogP contribution in [-0.2, 0) is 10.0 Å². The van der Waals surface area contributed by atoms with Crippen LogP contribution < -0.4 is 4.90 Å². The summed E-state index contributed by atoms with van der Waals surface area (Å²) in [5.41, 5.74) is 2.79. The lowest BCUT2D eigenvalue weighted by Gasteiger charge is -2.36. The number of benzene rings is 1. The molecular weight excluding hydrogens is 314 g/mol. The minimum absolute atomic E-state index is 0.210. The number of nitrogens with zero attached hydrogens (tertiary/aromatic N) is 3. The quantitative estimate of drug-likeness (QED) is 0.859. The van der Waals surface area contributed by atoms with Crippen LogP contribution in [0.1, 0.15) is 17.0 Å². The van der Waals surface area contributed by atoms with Crippen LogP contribution in [0.3, 0.4) is 0 Å². The molecule has 1 aromatic heterocycles. The average Bonchev–Trinajstić information content (AvgIpc) is 2.87. The Balaban J connectivity index is 1.78. The second-order valence-electron chi connectivity index (χ2n) is 5.83. The molecule has 2 heterocycles. The minimum atomic E-state index is -3.55. The van der Waals surface area contributed by atoms with Crippen molar-refractivity contribution in [2.24, 2.45) is 0 Å². The van der Waals surface area contributed by atoms with Crippen LogP contribution in [0.4, 0.5) is 5.69 Å². The van der Waals surface area contributed by atoms with Crippen LogP contribution in [0.5, 0.6) is 0 Å². The SMILES string of the molecule is Cc1ccccc1N1CCN(S(=O)(=O)c2c(C)noc2C)CC1. The summed E-state index contributed by atoms with van der Waals surface area (Å²) in [7, 11) is -3.55. The normalized spacial score (nSPS) is 16.7. The van der Waals surface area contributed by atoms with Crippen LogP contribution in [0.2, 0.25) is 0 Å². The molecule has 0 spiro atoms. The van der Waals surface area contributed by atoms with Crippen LogP contribution in [0, 0.1) is 20.8 Å². The Morgan fingerprint density at radius 2 is 1.70 bits per heavy atom. The van der Waals surface area contributed by atoms with E-state index in [0.29, 0.717) is 37.6 Å². The zero-order valence-electron chi connectivity index (χ0n) is 13.6. The fourth-order valence-electron chi connectivity index (χ4n) is 3.06. The van der Waals surface area contributed by atoms with Crippen molar-refractivity contribution < 1.29 is 12.9 Å². The number of piperazine rings is 1. The molecular formula is C16H21N3O3S. The molecule has 1 fully saturated rings. The van der Waals surface area contributed by atoms with Crippen molar-refractivity contribution in [3.63, 3.8) is 0 Å². The molecule has 0 aliphatic carbocycles. The molecule has 0 unspecified atom stereocenters. The molecule has 2 aromatic rings. The maximum absolute atomic E-state index is 12.8. The van der Waals surface area contributed by atoms with Crippen molar-refractivity contribution >= 4 is 15.7 Å². The van der Waals surface area contributed by atoms with Gasteiger partial charge in [0.2, 0.25) is 10.0 Å². The summed E-state index contributed by atoms with van der Waals surface area (Å²) in [6.07, 6.45) is 0. The lowest BCUT2D eigenvalue weighted by atomic mass is 10.1. The average molecular weight is 335 g/mol. The van der Waals surface area contributed by atoms with E-state index in [-0.39, 0.29) is 4.90 Å². The van der Waals surface area contributed by atoms with E-state index in [1.54, 1.807) is 13.8 Å². The second kappa shape index (κ2) is 5.98. The summed E-state index contributed by atoms with van der Waals surface area (Å²) in [4.78, 5) is 2.44. The molecule has 0 radical (unpaired) electrons. The van der Waals surface area contributed by atoms with Crippen molar-refractivity contribution in [3.05, 3.63) is 41.3 Å². The Kier molecular flexibility index (Phi) is 4.16. The van der Waals surface area contributed by atoms with Gasteiger partial charge in [0.25, 0.3) is 0 Å². The standard InChI is InChI=1S/C16H21N3O3S/c1-12-6-4-5-7-15(12)18-8-10-19(11-9-18)23(20,21)16-13(2)17-22-14(16)3/h4-7H,8-11H2,1-3H3. The van der Waals surface area contributed by atoms with Gasteiger partial charge in [-0.25, -0.2) is 8.42 Å². The van der Waals surface area contributed by atoms with Gasteiger partial charge in [-0.2, -0.15) is 4.31 Å². The van der Waals surface area contributed by atoms with Crippen LogP contribution >= 0.6 is 0 Å². The first-order chi connectivity index (χ1) is 10.9. The first-order valence-corrected chi connectivity index (χ1v) is 9.09. The molecule has 7 heteroatoms. The molecule has 6 nitrogen and oxygen atoms in total. The van der Waals surface area contributed by atoms with E-state index in [2.05, 4.69) is 29.1 Å². The Morgan fingerprint density at radius 3 is 2.26 bits per heavy atom. The van der Waals surface area contributed by atoms with Crippen molar-refractivity contribution in [2.45, 2.75) is 25.7 Å². The monoisotopic (exact) mass is 335 g/mol. The third-order valence-corrected chi connectivity index (χ3v) is 6.40. The van der Waals surface area contributed by atoms with Gasteiger partial charge in [-0.15, -0.1) is 0 Å². The van der Waals surface area contributed by atoms with Gasteiger partial charge < -0.3 is 9.42 Å². The highest BCUT2D eigenvalue weighted by atomic mass is 32.2. The van der Waals surface area contributed by atoms with E-state index in [1.165, 1.54) is 15.6 Å². The number of aryl methyl sites for hydroxylation is 3. The number of hydrogen-bond donors (Lipinski definition) is 0. The summed E-state index contributed by atoms with van der Waals surface area (Å²) in [5.74, 6) is 0.351. The maximum atomic E-state index is 12.8. The number of hydrogen-bond acceptors (Lipinski definition) is 5. The molecule has 124 valence electrons. The second-order valence-corrected chi connectivity index (χ2v) is 7.71. The van der Waals surface area contributed by atoms with E-state index in [9.17, 15) is 8.42 Å². The molecule has 1 aliphatic rings. The molecule has 0 saturated carbocycles. The van der Waals surface area contributed by atoms with Crippen LogP contribution in [-0.4, -0.2) is 44.1 Å². The number of anilines is 1. The van der Waals surface area contributed by atoms with Crippen LogP contribution in [0.25, 0.3) is 0 Å². The fourth-order valence-corrected chi connectivity index (χ4v) is 4.77. The Bertz CT molecular complexity index is 786. The third-order valence-electron chi connectivity index (χ3n) is 4.26. The number of para-hydroxylation sites is 1. The highest BCUT2D eigenvalue weighted by Crippen LogP contribution is 2.26. The van der Waals surface area contributed by atoms with Gasteiger partial charge in [-0.1, -0.05) is 23.4 Å². The van der Waals surface area contributed by atoms with E-state index < -0.39 is 10.0 Å². The highest BCUT2D eigenvalue weighted by molar-refractivity contribution is 7.89. The van der Waals surface area contributed by atoms with E-state index in [4.69, 9.17) is 4.52 Å². The highest BCUT2D eigenvalue weighted by Gasteiger charge is 2.33. The summed E-state index contributed by atoms with van der Waals surface area (Å²) >= 11 is 0. The van der Waals surface area contributed by atoms with Gasteiger partial charge in [-0.05, 0) is 32.4 Å². The van der Waals surface area contributed by atoms with Gasteiger partial charge in [0.1, 0.15) is 10.6 Å². The van der Waals surface area contributed by atoms with Gasteiger partial charge >= 0.3 is 0 Å². The molecule has 1 aromatic carbocycles. The minimum Gasteiger partial charge on any atom is -0.369 e. The number of aromatic nitrogens is 1. The molecule has 0 bridgehead atoms. The number of sulfonamides is 1. The summed E-state index contributed by atoms with van der Waals surface area (Å²) in [6.45, 7) is 7.63. The smallest absolute Gasteiger partial charge is 0.248 e. The largest absolute Gasteiger partial charge is 0.369 e. The first kappa shape index (κ1) is 16.0.